The molecule has 0 aliphatic rings. The zero-order valence-electron chi connectivity index (χ0n) is 20.4. The Kier molecular flexibility index (Phi) is 13.5. The second-order valence-electron chi connectivity index (χ2n) is 7.96. The summed E-state index contributed by atoms with van der Waals surface area (Å²) in [6, 6.07) is -3.49. The zero-order valence-corrected chi connectivity index (χ0v) is 20.4. The van der Waals surface area contributed by atoms with Gasteiger partial charge in [0.05, 0.1) is 12.9 Å². The number of hydrogen-bond acceptors (Lipinski definition) is 8. The molecule has 1 heterocycles. The molecule has 0 aromatic carbocycles. The molecule has 0 fully saturated rings. The van der Waals surface area contributed by atoms with Crippen molar-refractivity contribution in [2.45, 2.75) is 50.2 Å². The third kappa shape index (κ3) is 12.7. The van der Waals surface area contributed by atoms with Gasteiger partial charge in [0.2, 0.25) is 17.7 Å². The summed E-state index contributed by atoms with van der Waals surface area (Å²) in [7, 11) is 0. The molecule has 37 heavy (non-hydrogen) atoms. The van der Waals surface area contributed by atoms with Crippen LogP contribution in [0.4, 0.5) is 0 Å². The first-order valence-corrected chi connectivity index (χ1v) is 11.4. The summed E-state index contributed by atoms with van der Waals surface area (Å²) in [5.74, 6) is -3.54. The Morgan fingerprint density at radius 1 is 0.892 bits per heavy atom. The Morgan fingerprint density at radius 2 is 1.43 bits per heavy atom. The number of carboxylic acid groups (broad SMARTS) is 1. The number of aromatic nitrogens is 2. The average molecular weight is 525 g/mol. The first kappa shape index (κ1) is 30.6. The van der Waals surface area contributed by atoms with E-state index in [1.54, 1.807) is 0 Å². The minimum atomic E-state index is -1.27. The van der Waals surface area contributed by atoms with Gasteiger partial charge in [0, 0.05) is 31.4 Å². The van der Waals surface area contributed by atoms with Gasteiger partial charge in [-0.3, -0.25) is 24.4 Å². The first-order valence-electron chi connectivity index (χ1n) is 11.4. The van der Waals surface area contributed by atoms with Crippen LogP contribution in [0.15, 0.2) is 22.5 Å². The number of aromatic amines is 1. The van der Waals surface area contributed by atoms with E-state index in [-0.39, 0.29) is 57.2 Å². The molecular weight excluding hydrogens is 488 g/mol. The quantitative estimate of drug-likeness (QED) is 0.0526. The molecule has 1 rings (SSSR count). The zero-order chi connectivity index (χ0) is 27.8. The molecule has 0 aliphatic carbocycles. The van der Waals surface area contributed by atoms with Crippen LogP contribution in [0.3, 0.4) is 0 Å². The number of H-pyrrole nitrogens is 1. The van der Waals surface area contributed by atoms with E-state index in [9.17, 15) is 24.3 Å². The largest absolute Gasteiger partial charge is 0.480 e. The smallest absolute Gasteiger partial charge is 0.326 e. The highest BCUT2D eigenvalue weighted by Crippen LogP contribution is 2.06. The molecule has 3 amide bonds. The maximum absolute atomic E-state index is 13.1. The van der Waals surface area contributed by atoms with Crippen molar-refractivity contribution in [2.75, 3.05) is 19.6 Å². The van der Waals surface area contributed by atoms with Gasteiger partial charge in [-0.2, -0.15) is 0 Å². The molecule has 1 aromatic rings. The Morgan fingerprint density at radius 3 is 1.92 bits per heavy atom. The van der Waals surface area contributed by atoms with Crippen LogP contribution in [0.5, 0.6) is 0 Å². The van der Waals surface area contributed by atoms with Crippen molar-refractivity contribution in [2.24, 2.45) is 38.7 Å². The number of guanidine groups is 2. The molecular formula is C20H36N12O5. The summed E-state index contributed by atoms with van der Waals surface area (Å²) in [4.78, 5) is 64.0. The van der Waals surface area contributed by atoms with Crippen molar-refractivity contribution in [3.63, 3.8) is 0 Å². The van der Waals surface area contributed by atoms with Gasteiger partial charge in [0.25, 0.3) is 0 Å². The van der Waals surface area contributed by atoms with Crippen LogP contribution in [0.25, 0.3) is 0 Å². The van der Waals surface area contributed by atoms with Gasteiger partial charge in [-0.1, -0.05) is 0 Å². The number of rotatable bonds is 17. The van der Waals surface area contributed by atoms with E-state index >= 15 is 0 Å². The molecule has 0 saturated carbocycles. The molecule has 15 N–H and O–H groups in total. The predicted molar refractivity (Wildman–Crippen MR) is 135 cm³/mol. The molecule has 3 atom stereocenters. The number of nitrogens with zero attached hydrogens (tertiary/aromatic N) is 3. The van der Waals surface area contributed by atoms with Crippen molar-refractivity contribution in [3.8, 4) is 0 Å². The SMILES string of the molecule is NCC(=O)NC(Cc1cnc[nH]1)C(=O)NC(CCCN=C(N)N)C(=O)NC(CCCN=C(N)N)C(=O)O. The maximum atomic E-state index is 13.1. The second kappa shape index (κ2) is 16.3. The number of nitrogens with two attached hydrogens (primary N) is 5. The number of aliphatic imine (C=N–C) groups is 2. The predicted octanol–water partition coefficient (Wildman–Crippen LogP) is -4.44. The Hall–Kier alpha value is -4.41. The van der Waals surface area contributed by atoms with Gasteiger partial charge in [-0.05, 0) is 25.7 Å². The molecule has 0 saturated heterocycles. The van der Waals surface area contributed by atoms with Crippen LogP contribution >= 0.6 is 0 Å². The lowest BCUT2D eigenvalue weighted by atomic mass is 10.1. The Labute approximate surface area is 213 Å². The molecule has 17 nitrogen and oxygen atoms in total. The molecule has 3 unspecified atom stereocenters. The summed E-state index contributed by atoms with van der Waals surface area (Å²) < 4.78 is 0. The molecule has 17 heteroatoms. The molecule has 0 radical (unpaired) electrons. The van der Waals surface area contributed by atoms with Gasteiger partial charge in [-0.25, -0.2) is 9.78 Å². The number of carbonyl (C=O) groups is 4. The van der Waals surface area contributed by atoms with Crippen LogP contribution in [0.1, 0.15) is 31.4 Å². The third-order valence-corrected chi connectivity index (χ3v) is 4.95. The van der Waals surface area contributed by atoms with Crippen molar-refractivity contribution >= 4 is 35.6 Å². The minimum Gasteiger partial charge on any atom is -0.480 e. The van der Waals surface area contributed by atoms with E-state index in [2.05, 4.69) is 35.9 Å². The van der Waals surface area contributed by atoms with Gasteiger partial charge in [0.1, 0.15) is 18.1 Å². The van der Waals surface area contributed by atoms with Gasteiger partial charge < -0.3 is 54.7 Å². The van der Waals surface area contributed by atoms with Gasteiger partial charge in [-0.15, -0.1) is 0 Å². The standard InChI is InChI=1S/C20H36N12O5/c21-8-15(33)30-14(7-11-9-26-10-29-11)17(35)31-12(3-1-5-27-19(22)23)16(34)32-13(18(36)37)4-2-6-28-20(24)25/h9-10,12-14H,1-8,21H2,(H,26,29)(H,30,33)(H,31,35)(H,32,34)(H,36,37)(H4,22,23,27)(H4,24,25,28). The third-order valence-electron chi connectivity index (χ3n) is 4.95. The normalized spacial score (nSPS) is 12.9. The van der Waals surface area contributed by atoms with Gasteiger partial charge in [0.15, 0.2) is 11.9 Å². The lowest BCUT2D eigenvalue weighted by molar-refractivity contribution is -0.142. The van der Waals surface area contributed by atoms with E-state index in [4.69, 9.17) is 28.7 Å². The topological polar surface area (TPSA) is 308 Å². The van der Waals surface area contributed by atoms with E-state index in [1.807, 2.05) is 0 Å². The molecule has 206 valence electrons. The first-order chi connectivity index (χ1) is 17.5. The van der Waals surface area contributed by atoms with Crippen LogP contribution in [-0.2, 0) is 25.6 Å². The average Bonchev–Trinajstić information content (AvgIpc) is 3.34. The fourth-order valence-corrected chi connectivity index (χ4v) is 3.16. The van der Waals surface area contributed by atoms with Crippen molar-refractivity contribution in [1.82, 2.24) is 25.9 Å². The molecule has 0 spiro atoms. The highest BCUT2D eigenvalue weighted by molar-refractivity contribution is 5.93. The summed E-state index contributed by atoms with van der Waals surface area (Å²) in [5, 5.41) is 17.0. The highest BCUT2D eigenvalue weighted by atomic mass is 16.4. The fourth-order valence-electron chi connectivity index (χ4n) is 3.16. The summed E-state index contributed by atoms with van der Waals surface area (Å²) in [6.07, 6.45) is 3.63. The van der Waals surface area contributed by atoms with E-state index in [0.717, 1.165) is 0 Å². The number of amides is 3. The lowest BCUT2D eigenvalue weighted by Crippen LogP contribution is -2.56. The van der Waals surface area contributed by atoms with E-state index in [1.165, 1.54) is 12.5 Å². The van der Waals surface area contributed by atoms with Crippen molar-refractivity contribution in [1.29, 1.82) is 0 Å². The Balaban J connectivity index is 2.99. The van der Waals surface area contributed by atoms with Gasteiger partial charge >= 0.3 is 5.97 Å². The van der Waals surface area contributed by atoms with Crippen LogP contribution in [0.2, 0.25) is 0 Å². The molecule has 0 aliphatic heterocycles. The number of imidazole rings is 1. The number of nitrogens with one attached hydrogen (secondary N) is 4. The minimum absolute atomic E-state index is 0.0432. The van der Waals surface area contributed by atoms with Crippen molar-refractivity contribution < 1.29 is 24.3 Å². The number of carboxylic acids is 1. The lowest BCUT2D eigenvalue weighted by Gasteiger charge is -2.24. The molecule has 0 bridgehead atoms. The summed E-state index contributed by atoms with van der Waals surface area (Å²) in [5.41, 5.74) is 27.1. The van der Waals surface area contributed by atoms with E-state index in [0.29, 0.717) is 12.1 Å². The highest BCUT2D eigenvalue weighted by Gasteiger charge is 2.29. The Bertz CT molecular complexity index is 942. The molecule has 1 aromatic heterocycles. The number of carbonyl (C=O) groups excluding carboxylic acids is 3. The van der Waals surface area contributed by atoms with Crippen molar-refractivity contribution in [3.05, 3.63) is 18.2 Å². The van der Waals surface area contributed by atoms with E-state index < -0.39 is 41.8 Å². The van der Waals surface area contributed by atoms with Crippen LogP contribution in [0, 0.1) is 0 Å². The van der Waals surface area contributed by atoms with Crippen LogP contribution < -0.4 is 44.6 Å². The second-order valence-corrected chi connectivity index (χ2v) is 7.96. The van der Waals surface area contributed by atoms with Crippen LogP contribution in [-0.4, -0.2) is 88.4 Å². The fraction of sp³-hybridized carbons (Fsp3) is 0.550. The monoisotopic (exact) mass is 524 g/mol. The summed E-state index contributed by atoms with van der Waals surface area (Å²) >= 11 is 0. The number of aliphatic carboxylic acids is 1. The number of hydrogen-bond donors (Lipinski definition) is 10. The maximum Gasteiger partial charge on any atom is 0.326 e. The summed E-state index contributed by atoms with van der Waals surface area (Å²) in [6.45, 7) is -0.00352.